The Balaban J connectivity index is 2.88. The molecule has 1 aromatic rings. The first-order valence-corrected chi connectivity index (χ1v) is 5.61. The number of hydrogen-bond acceptors (Lipinski definition) is 3. The van der Waals surface area contributed by atoms with Gasteiger partial charge in [-0.05, 0) is 13.3 Å². The van der Waals surface area contributed by atoms with E-state index in [4.69, 9.17) is 16.3 Å². The summed E-state index contributed by atoms with van der Waals surface area (Å²) >= 11 is 5.89. The van der Waals surface area contributed by atoms with Crippen LogP contribution in [0.3, 0.4) is 0 Å². The van der Waals surface area contributed by atoms with Crippen LogP contribution in [0.15, 0.2) is 6.07 Å². The fraction of sp³-hybridized carbons (Fsp3) is 0.636. The van der Waals surface area contributed by atoms with Crippen LogP contribution in [0, 0.1) is 0 Å². The van der Waals surface area contributed by atoms with Gasteiger partial charge in [-0.1, -0.05) is 32.4 Å². The summed E-state index contributed by atoms with van der Waals surface area (Å²) in [6.45, 7) is 8.12. The molecule has 15 heavy (non-hydrogen) atoms. The van der Waals surface area contributed by atoms with Gasteiger partial charge in [-0.15, -0.1) is 0 Å². The molecular formula is C11H17ClN2O. The van der Waals surface area contributed by atoms with Crippen molar-refractivity contribution in [2.24, 2.45) is 0 Å². The van der Waals surface area contributed by atoms with Crippen LogP contribution >= 0.6 is 11.6 Å². The Kier molecular flexibility index (Phi) is 4.33. The molecule has 3 nitrogen and oxygen atoms in total. The third kappa shape index (κ3) is 3.67. The summed E-state index contributed by atoms with van der Waals surface area (Å²) in [5.41, 5.74) is 0. The Bertz CT molecular complexity index is 328. The standard InChI is InChI=1S/C11H17ClN2O/c1-5-8(4)15-10-6-9(12)13-11(14-10)7(2)3/h6-8H,5H2,1-4H3. The third-order valence-electron chi connectivity index (χ3n) is 2.10. The van der Waals surface area contributed by atoms with Crippen LogP contribution in [0.25, 0.3) is 0 Å². The van der Waals surface area contributed by atoms with Gasteiger partial charge in [0, 0.05) is 12.0 Å². The molecule has 0 radical (unpaired) electrons. The van der Waals surface area contributed by atoms with Gasteiger partial charge in [0.25, 0.3) is 0 Å². The summed E-state index contributed by atoms with van der Waals surface area (Å²) in [5, 5.41) is 0.437. The van der Waals surface area contributed by atoms with Crippen molar-refractivity contribution in [2.75, 3.05) is 0 Å². The number of rotatable bonds is 4. The summed E-state index contributed by atoms with van der Waals surface area (Å²) < 4.78 is 5.60. The van der Waals surface area contributed by atoms with E-state index in [2.05, 4.69) is 16.9 Å². The van der Waals surface area contributed by atoms with Crippen LogP contribution in [-0.2, 0) is 0 Å². The van der Waals surface area contributed by atoms with Crippen molar-refractivity contribution in [3.8, 4) is 5.88 Å². The first-order chi connectivity index (χ1) is 7.02. The molecule has 1 heterocycles. The molecule has 0 bridgehead atoms. The van der Waals surface area contributed by atoms with Crippen molar-refractivity contribution >= 4 is 11.6 Å². The Morgan fingerprint density at radius 3 is 2.53 bits per heavy atom. The largest absolute Gasteiger partial charge is 0.475 e. The van der Waals surface area contributed by atoms with Gasteiger partial charge < -0.3 is 4.74 Å². The Labute approximate surface area is 95.8 Å². The summed E-state index contributed by atoms with van der Waals surface area (Å²) in [5.74, 6) is 1.54. The van der Waals surface area contributed by atoms with E-state index in [-0.39, 0.29) is 12.0 Å². The Hall–Kier alpha value is -0.830. The van der Waals surface area contributed by atoms with Crippen molar-refractivity contribution in [2.45, 2.75) is 46.1 Å². The molecule has 0 spiro atoms. The predicted octanol–water partition coefficient (Wildman–Crippen LogP) is 3.43. The summed E-state index contributed by atoms with van der Waals surface area (Å²) in [4.78, 5) is 8.44. The van der Waals surface area contributed by atoms with Crippen LogP contribution in [0.5, 0.6) is 5.88 Å². The van der Waals surface area contributed by atoms with Crippen molar-refractivity contribution in [3.05, 3.63) is 17.0 Å². The molecular weight excluding hydrogens is 212 g/mol. The minimum Gasteiger partial charge on any atom is -0.475 e. The maximum absolute atomic E-state index is 5.89. The fourth-order valence-corrected chi connectivity index (χ4v) is 1.20. The van der Waals surface area contributed by atoms with Crippen LogP contribution in [-0.4, -0.2) is 16.1 Å². The molecule has 0 aliphatic heterocycles. The Morgan fingerprint density at radius 2 is 2.00 bits per heavy atom. The first kappa shape index (κ1) is 12.2. The van der Waals surface area contributed by atoms with Crippen molar-refractivity contribution < 1.29 is 4.74 Å². The van der Waals surface area contributed by atoms with Crippen molar-refractivity contribution in [3.63, 3.8) is 0 Å². The zero-order valence-corrected chi connectivity index (χ0v) is 10.4. The highest BCUT2D eigenvalue weighted by Crippen LogP contribution is 2.19. The minimum absolute atomic E-state index is 0.149. The summed E-state index contributed by atoms with van der Waals surface area (Å²) in [7, 11) is 0. The zero-order chi connectivity index (χ0) is 11.4. The Morgan fingerprint density at radius 1 is 1.33 bits per heavy atom. The number of ether oxygens (including phenoxy) is 1. The van der Waals surface area contributed by atoms with Gasteiger partial charge in [0.1, 0.15) is 11.0 Å². The van der Waals surface area contributed by atoms with Gasteiger partial charge in [0.15, 0.2) is 0 Å². The molecule has 4 heteroatoms. The van der Waals surface area contributed by atoms with E-state index in [0.29, 0.717) is 11.0 Å². The van der Waals surface area contributed by atoms with E-state index in [1.54, 1.807) is 6.07 Å². The molecule has 1 atom stereocenters. The van der Waals surface area contributed by atoms with Crippen LogP contribution in [0.2, 0.25) is 5.15 Å². The second-order valence-electron chi connectivity index (χ2n) is 3.88. The number of halogens is 1. The van der Waals surface area contributed by atoms with E-state index < -0.39 is 0 Å². The van der Waals surface area contributed by atoms with Crippen LogP contribution in [0.4, 0.5) is 0 Å². The summed E-state index contributed by atoms with van der Waals surface area (Å²) in [6.07, 6.45) is 1.09. The monoisotopic (exact) mass is 228 g/mol. The molecule has 0 aliphatic carbocycles. The SMILES string of the molecule is CCC(C)Oc1cc(Cl)nc(C(C)C)n1. The highest BCUT2D eigenvalue weighted by atomic mass is 35.5. The molecule has 84 valence electrons. The molecule has 0 aliphatic rings. The zero-order valence-electron chi connectivity index (χ0n) is 9.62. The average molecular weight is 229 g/mol. The van der Waals surface area contributed by atoms with E-state index >= 15 is 0 Å². The summed E-state index contributed by atoms with van der Waals surface area (Å²) in [6, 6.07) is 1.65. The van der Waals surface area contributed by atoms with E-state index in [1.807, 2.05) is 20.8 Å². The molecule has 0 amide bonds. The van der Waals surface area contributed by atoms with Crippen molar-refractivity contribution in [1.82, 2.24) is 9.97 Å². The maximum atomic E-state index is 5.89. The lowest BCUT2D eigenvalue weighted by Gasteiger charge is -2.13. The van der Waals surface area contributed by atoms with E-state index in [1.165, 1.54) is 0 Å². The first-order valence-electron chi connectivity index (χ1n) is 5.24. The molecule has 1 aromatic heterocycles. The third-order valence-corrected chi connectivity index (χ3v) is 2.30. The minimum atomic E-state index is 0.149. The second kappa shape index (κ2) is 5.31. The normalized spacial score (nSPS) is 12.9. The van der Waals surface area contributed by atoms with E-state index in [9.17, 15) is 0 Å². The lowest BCUT2D eigenvalue weighted by Crippen LogP contribution is -2.12. The van der Waals surface area contributed by atoms with Crippen LogP contribution < -0.4 is 4.74 Å². The molecule has 1 rings (SSSR count). The van der Waals surface area contributed by atoms with E-state index in [0.717, 1.165) is 12.2 Å². The van der Waals surface area contributed by atoms with Gasteiger partial charge in [0.05, 0.1) is 6.10 Å². The van der Waals surface area contributed by atoms with Crippen molar-refractivity contribution in [1.29, 1.82) is 0 Å². The van der Waals surface area contributed by atoms with Gasteiger partial charge >= 0.3 is 0 Å². The maximum Gasteiger partial charge on any atom is 0.218 e. The highest BCUT2D eigenvalue weighted by molar-refractivity contribution is 6.29. The molecule has 1 unspecified atom stereocenters. The van der Waals surface area contributed by atoms with Crippen LogP contribution in [0.1, 0.15) is 45.9 Å². The number of hydrogen-bond donors (Lipinski definition) is 0. The topological polar surface area (TPSA) is 35.0 Å². The lowest BCUT2D eigenvalue weighted by atomic mass is 10.2. The fourth-order valence-electron chi connectivity index (χ4n) is 1.02. The molecule has 0 aromatic carbocycles. The van der Waals surface area contributed by atoms with Gasteiger partial charge in [-0.2, -0.15) is 4.98 Å². The lowest BCUT2D eigenvalue weighted by molar-refractivity contribution is 0.207. The molecule has 0 N–H and O–H groups in total. The smallest absolute Gasteiger partial charge is 0.218 e. The van der Waals surface area contributed by atoms with Gasteiger partial charge in [-0.25, -0.2) is 4.98 Å². The average Bonchev–Trinajstić information content (AvgIpc) is 2.16. The number of aromatic nitrogens is 2. The quantitative estimate of drug-likeness (QED) is 0.741. The molecule has 0 saturated carbocycles. The molecule has 0 saturated heterocycles. The molecule has 0 fully saturated rings. The predicted molar refractivity (Wildman–Crippen MR) is 61.5 cm³/mol. The van der Waals surface area contributed by atoms with Gasteiger partial charge in [0.2, 0.25) is 5.88 Å². The van der Waals surface area contributed by atoms with Gasteiger partial charge in [-0.3, -0.25) is 0 Å². The highest BCUT2D eigenvalue weighted by Gasteiger charge is 2.09. The second-order valence-corrected chi connectivity index (χ2v) is 4.27. The number of nitrogens with zero attached hydrogens (tertiary/aromatic N) is 2.